The number of amides is 1. The number of aryl methyl sites for hydroxylation is 1. The second-order valence-electron chi connectivity index (χ2n) is 5.29. The van der Waals surface area contributed by atoms with Gasteiger partial charge >= 0.3 is 0 Å². The van der Waals surface area contributed by atoms with Gasteiger partial charge in [0.05, 0.1) is 17.7 Å². The number of nitrogens with one attached hydrogen (secondary N) is 2. The van der Waals surface area contributed by atoms with Crippen molar-refractivity contribution in [3.05, 3.63) is 46.2 Å². The summed E-state index contributed by atoms with van der Waals surface area (Å²) in [7, 11) is 1.72. The summed E-state index contributed by atoms with van der Waals surface area (Å²) in [6.45, 7) is 2.33. The summed E-state index contributed by atoms with van der Waals surface area (Å²) in [6, 6.07) is 7.04. The number of fused-ring (bicyclic) bond motifs is 1. The van der Waals surface area contributed by atoms with Gasteiger partial charge in [0, 0.05) is 24.7 Å². The lowest BCUT2D eigenvalue weighted by Gasteiger charge is -2.27. The molecule has 120 valence electrons. The molecule has 23 heavy (non-hydrogen) atoms. The van der Waals surface area contributed by atoms with Crippen LogP contribution in [-0.4, -0.2) is 29.5 Å². The smallest absolute Gasteiger partial charge is 0.270 e. The van der Waals surface area contributed by atoms with Crippen molar-refractivity contribution in [3.8, 4) is 5.75 Å². The maximum Gasteiger partial charge on any atom is 0.270 e. The van der Waals surface area contributed by atoms with Crippen molar-refractivity contribution in [3.63, 3.8) is 0 Å². The van der Waals surface area contributed by atoms with Gasteiger partial charge in [-0.25, -0.2) is 9.97 Å². The fourth-order valence-electron chi connectivity index (χ4n) is 2.57. The molecule has 0 saturated carbocycles. The lowest BCUT2D eigenvalue weighted by Crippen LogP contribution is -2.33. The molecular formula is C16H17ClN4O2. The molecule has 7 heteroatoms. The van der Waals surface area contributed by atoms with Crippen LogP contribution >= 0.6 is 11.6 Å². The standard InChI is InChI=1S/C16H17ClN4O2/c1-9-8-13(21-16(18-2)19-9)15(22)20-12-6-7-23-14-10(12)4-3-5-11(14)17/h3-5,8,12H,6-7H2,1-2H3,(H,20,22)(H,18,19,21). The summed E-state index contributed by atoms with van der Waals surface area (Å²) < 4.78 is 5.61. The minimum absolute atomic E-state index is 0.154. The van der Waals surface area contributed by atoms with Gasteiger partial charge < -0.3 is 15.4 Å². The molecule has 2 heterocycles. The Morgan fingerprint density at radius 2 is 2.22 bits per heavy atom. The largest absolute Gasteiger partial charge is 0.492 e. The van der Waals surface area contributed by atoms with E-state index in [1.54, 1.807) is 19.2 Å². The summed E-state index contributed by atoms with van der Waals surface area (Å²) >= 11 is 6.15. The summed E-state index contributed by atoms with van der Waals surface area (Å²) in [5.74, 6) is 0.816. The first kappa shape index (κ1) is 15.6. The molecule has 1 unspecified atom stereocenters. The molecule has 6 nitrogen and oxygen atoms in total. The Balaban J connectivity index is 1.85. The number of nitrogens with zero attached hydrogens (tertiary/aromatic N) is 2. The van der Waals surface area contributed by atoms with Crippen LogP contribution in [0.15, 0.2) is 24.3 Å². The van der Waals surface area contributed by atoms with Crippen LogP contribution < -0.4 is 15.4 Å². The second kappa shape index (κ2) is 6.42. The van der Waals surface area contributed by atoms with Gasteiger partial charge in [-0.1, -0.05) is 23.7 Å². The SMILES string of the molecule is CNc1nc(C)cc(C(=O)NC2CCOc3c(Cl)cccc32)n1. The fourth-order valence-corrected chi connectivity index (χ4v) is 2.80. The predicted octanol–water partition coefficient (Wildman–Crippen LogP) is 2.73. The van der Waals surface area contributed by atoms with Crippen LogP contribution in [0.2, 0.25) is 5.02 Å². The van der Waals surface area contributed by atoms with E-state index in [0.29, 0.717) is 35.4 Å². The van der Waals surface area contributed by atoms with E-state index in [4.69, 9.17) is 16.3 Å². The highest BCUT2D eigenvalue weighted by Crippen LogP contribution is 2.37. The molecule has 1 amide bonds. The molecule has 1 aliphatic rings. The molecular weight excluding hydrogens is 316 g/mol. The molecule has 0 spiro atoms. The molecule has 0 radical (unpaired) electrons. The monoisotopic (exact) mass is 332 g/mol. The number of hydrogen-bond acceptors (Lipinski definition) is 5. The number of rotatable bonds is 3. The molecule has 1 atom stereocenters. The van der Waals surface area contributed by atoms with Crippen LogP contribution in [-0.2, 0) is 0 Å². The summed E-state index contributed by atoms with van der Waals surface area (Å²) in [6.07, 6.45) is 0.683. The predicted molar refractivity (Wildman–Crippen MR) is 88.1 cm³/mol. The van der Waals surface area contributed by atoms with Crippen molar-refractivity contribution in [2.45, 2.75) is 19.4 Å². The van der Waals surface area contributed by atoms with E-state index in [0.717, 1.165) is 11.3 Å². The normalized spacial score (nSPS) is 16.2. The average molecular weight is 333 g/mol. The molecule has 1 aromatic carbocycles. The maximum atomic E-state index is 12.5. The van der Waals surface area contributed by atoms with Crippen molar-refractivity contribution in [2.75, 3.05) is 19.0 Å². The number of aromatic nitrogens is 2. The Morgan fingerprint density at radius 3 is 3.00 bits per heavy atom. The average Bonchev–Trinajstić information content (AvgIpc) is 2.55. The molecule has 1 aliphatic heterocycles. The molecule has 0 saturated heterocycles. The van der Waals surface area contributed by atoms with Gasteiger partial charge in [0.2, 0.25) is 5.95 Å². The van der Waals surface area contributed by atoms with Crippen LogP contribution in [0.3, 0.4) is 0 Å². The van der Waals surface area contributed by atoms with Gasteiger partial charge in [0.15, 0.2) is 0 Å². The zero-order valence-corrected chi connectivity index (χ0v) is 13.6. The Morgan fingerprint density at radius 1 is 1.39 bits per heavy atom. The number of ether oxygens (including phenoxy) is 1. The van der Waals surface area contributed by atoms with Gasteiger partial charge in [-0.15, -0.1) is 0 Å². The lowest BCUT2D eigenvalue weighted by molar-refractivity contribution is 0.0919. The van der Waals surface area contributed by atoms with E-state index in [1.165, 1.54) is 0 Å². The molecule has 1 aromatic heterocycles. The highest BCUT2D eigenvalue weighted by molar-refractivity contribution is 6.32. The highest BCUT2D eigenvalue weighted by atomic mass is 35.5. The Bertz CT molecular complexity index is 751. The zero-order valence-electron chi connectivity index (χ0n) is 12.9. The number of carbonyl (C=O) groups excluding carboxylic acids is 1. The number of halogens is 1. The second-order valence-corrected chi connectivity index (χ2v) is 5.70. The molecule has 0 aliphatic carbocycles. The van der Waals surface area contributed by atoms with Gasteiger partial charge in [-0.05, 0) is 19.1 Å². The molecule has 3 rings (SSSR count). The van der Waals surface area contributed by atoms with Crippen molar-refractivity contribution >= 4 is 23.5 Å². The summed E-state index contributed by atoms with van der Waals surface area (Å²) in [5.41, 5.74) is 1.94. The maximum absolute atomic E-state index is 12.5. The van der Waals surface area contributed by atoms with Crippen molar-refractivity contribution in [2.24, 2.45) is 0 Å². The van der Waals surface area contributed by atoms with Crippen molar-refractivity contribution < 1.29 is 9.53 Å². The topological polar surface area (TPSA) is 76.1 Å². The van der Waals surface area contributed by atoms with Crippen LogP contribution in [0.1, 0.15) is 34.2 Å². The molecule has 0 bridgehead atoms. The molecule has 2 N–H and O–H groups in total. The quantitative estimate of drug-likeness (QED) is 0.903. The van der Waals surface area contributed by atoms with E-state index in [1.807, 2.05) is 19.1 Å². The van der Waals surface area contributed by atoms with E-state index < -0.39 is 0 Å². The first-order valence-electron chi connectivity index (χ1n) is 7.34. The number of carbonyl (C=O) groups is 1. The van der Waals surface area contributed by atoms with Gasteiger partial charge in [-0.2, -0.15) is 0 Å². The van der Waals surface area contributed by atoms with Crippen LogP contribution in [0.4, 0.5) is 5.95 Å². The van der Waals surface area contributed by atoms with E-state index in [-0.39, 0.29) is 11.9 Å². The minimum atomic E-state index is -0.246. The van der Waals surface area contributed by atoms with Gasteiger partial charge in [0.25, 0.3) is 5.91 Å². The Kier molecular flexibility index (Phi) is 4.34. The Labute approximate surface area is 139 Å². The van der Waals surface area contributed by atoms with Crippen LogP contribution in [0, 0.1) is 6.92 Å². The van der Waals surface area contributed by atoms with Gasteiger partial charge in [-0.3, -0.25) is 4.79 Å². The molecule has 2 aromatic rings. The van der Waals surface area contributed by atoms with Crippen LogP contribution in [0.25, 0.3) is 0 Å². The van der Waals surface area contributed by atoms with E-state index in [2.05, 4.69) is 20.6 Å². The number of hydrogen-bond donors (Lipinski definition) is 2. The van der Waals surface area contributed by atoms with E-state index >= 15 is 0 Å². The van der Waals surface area contributed by atoms with E-state index in [9.17, 15) is 4.79 Å². The number of para-hydroxylation sites is 1. The first-order chi connectivity index (χ1) is 11.1. The summed E-state index contributed by atoms with van der Waals surface area (Å²) in [4.78, 5) is 20.9. The van der Waals surface area contributed by atoms with Gasteiger partial charge in [0.1, 0.15) is 11.4 Å². The highest BCUT2D eigenvalue weighted by Gasteiger charge is 2.25. The number of benzene rings is 1. The van der Waals surface area contributed by atoms with Crippen molar-refractivity contribution in [1.82, 2.24) is 15.3 Å². The summed E-state index contributed by atoms with van der Waals surface area (Å²) in [5, 5.41) is 6.40. The fraction of sp³-hybridized carbons (Fsp3) is 0.312. The Hall–Kier alpha value is -2.34. The molecule has 0 fully saturated rings. The zero-order chi connectivity index (χ0) is 16.4. The third-order valence-electron chi connectivity index (χ3n) is 3.64. The number of anilines is 1. The minimum Gasteiger partial charge on any atom is -0.492 e. The van der Waals surface area contributed by atoms with Crippen LogP contribution in [0.5, 0.6) is 5.75 Å². The first-order valence-corrected chi connectivity index (χ1v) is 7.72. The lowest BCUT2D eigenvalue weighted by atomic mass is 10.0. The van der Waals surface area contributed by atoms with Crippen molar-refractivity contribution in [1.29, 1.82) is 0 Å². The third-order valence-corrected chi connectivity index (χ3v) is 3.94. The third kappa shape index (κ3) is 3.22.